The van der Waals surface area contributed by atoms with Crippen LogP contribution in [0.3, 0.4) is 0 Å². The molecule has 1 aliphatic heterocycles. The molecule has 2 aromatic carbocycles. The molecule has 2 N–H and O–H groups in total. The molecule has 0 spiro atoms. The van der Waals surface area contributed by atoms with Crippen molar-refractivity contribution in [1.82, 2.24) is 0 Å². The first kappa shape index (κ1) is 14.3. The first-order valence-corrected chi connectivity index (χ1v) is 8.08. The molecule has 4 rings (SSSR count). The van der Waals surface area contributed by atoms with E-state index in [1.165, 1.54) is 0 Å². The van der Waals surface area contributed by atoms with Gasteiger partial charge >= 0.3 is 5.97 Å². The maximum atomic E-state index is 11.3. The second kappa shape index (κ2) is 5.43. The van der Waals surface area contributed by atoms with Gasteiger partial charge in [0.25, 0.3) is 0 Å². The van der Waals surface area contributed by atoms with Gasteiger partial charge < -0.3 is 10.4 Å². The number of rotatable bonds is 2. The first-order chi connectivity index (χ1) is 11.1. The Kier molecular flexibility index (Phi) is 3.38. The zero-order chi connectivity index (χ0) is 16.0. The highest BCUT2D eigenvalue weighted by Gasteiger charge is 2.38. The standard InChI is InChI=1S/C19H16ClNO2/c20-16-7-2-1-4-14(16)18-13-6-3-5-12(13)15-10-11(19(22)23)8-9-17(15)21-18/h1-5,7-10,12-13,18,21H,6H2,(H,22,23)/t12-,13+,18-/m1/s1. The van der Waals surface area contributed by atoms with Gasteiger partial charge in [-0.3, -0.25) is 0 Å². The largest absolute Gasteiger partial charge is 0.478 e. The zero-order valence-corrected chi connectivity index (χ0v) is 13.1. The smallest absolute Gasteiger partial charge is 0.335 e. The van der Waals surface area contributed by atoms with Crippen LogP contribution in [0.4, 0.5) is 5.69 Å². The second-order valence-electron chi connectivity index (χ2n) is 6.10. The molecule has 1 aliphatic carbocycles. The van der Waals surface area contributed by atoms with Gasteiger partial charge in [-0.1, -0.05) is 42.0 Å². The summed E-state index contributed by atoms with van der Waals surface area (Å²) >= 11 is 6.40. The van der Waals surface area contributed by atoms with E-state index >= 15 is 0 Å². The van der Waals surface area contributed by atoms with Crippen LogP contribution in [0.5, 0.6) is 0 Å². The van der Waals surface area contributed by atoms with Gasteiger partial charge in [0.05, 0.1) is 11.6 Å². The molecular formula is C19H16ClNO2. The fourth-order valence-corrected chi connectivity index (χ4v) is 4.02. The SMILES string of the molecule is O=C(O)c1ccc2c(c1)[C@@H]1C=CC[C@@H]1[C@H](c1ccccc1Cl)N2. The summed E-state index contributed by atoms with van der Waals surface area (Å²) in [5.41, 5.74) is 3.49. The Morgan fingerprint density at radius 2 is 2.00 bits per heavy atom. The van der Waals surface area contributed by atoms with Crippen molar-refractivity contribution in [3.8, 4) is 0 Å². The molecule has 0 unspecified atom stereocenters. The Balaban J connectivity index is 1.81. The lowest BCUT2D eigenvalue weighted by Gasteiger charge is -2.38. The third-order valence-electron chi connectivity index (χ3n) is 4.85. The lowest BCUT2D eigenvalue weighted by molar-refractivity contribution is 0.0696. The van der Waals surface area contributed by atoms with E-state index in [0.717, 1.165) is 28.3 Å². The summed E-state index contributed by atoms with van der Waals surface area (Å²) in [5.74, 6) is -0.308. The fourth-order valence-electron chi connectivity index (χ4n) is 3.76. The van der Waals surface area contributed by atoms with Crippen LogP contribution in [0.2, 0.25) is 5.02 Å². The summed E-state index contributed by atoms with van der Waals surface area (Å²) in [6.07, 6.45) is 5.34. The van der Waals surface area contributed by atoms with Crippen molar-refractivity contribution in [2.75, 3.05) is 5.32 Å². The van der Waals surface area contributed by atoms with E-state index in [-0.39, 0.29) is 12.0 Å². The van der Waals surface area contributed by atoms with Gasteiger partial charge in [-0.15, -0.1) is 0 Å². The molecule has 3 atom stereocenters. The van der Waals surface area contributed by atoms with Crippen LogP contribution in [0.25, 0.3) is 0 Å². The van der Waals surface area contributed by atoms with Crippen LogP contribution in [0.15, 0.2) is 54.6 Å². The first-order valence-electron chi connectivity index (χ1n) is 7.70. The van der Waals surface area contributed by atoms with Crippen molar-refractivity contribution < 1.29 is 9.90 Å². The van der Waals surface area contributed by atoms with Crippen LogP contribution in [0, 0.1) is 5.92 Å². The van der Waals surface area contributed by atoms with Crippen molar-refractivity contribution in [2.24, 2.45) is 5.92 Å². The van der Waals surface area contributed by atoms with E-state index < -0.39 is 5.97 Å². The molecule has 0 saturated carbocycles. The Bertz CT molecular complexity index is 815. The number of carboxylic acids is 1. The number of hydrogen-bond acceptors (Lipinski definition) is 2. The third-order valence-corrected chi connectivity index (χ3v) is 5.19. The van der Waals surface area contributed by atoms with Crippen LogP contribution in [-0.4, -0.2) is 11.1 Å². The number of carbonyl (C=O) groups is 1. The number of benzene rings is 2. The Hall–Kier alpha value is -2.26. The maximum Gasteiger partial charge on any atom is 0.335 e. The summed E-state index contributed by atoms with van der Waals surface area (Å²) in [4.78, 5) is 11.3. The fraction of sp³-hybridized carbons (Fsp3) is 0.211. The van der Waals surface area contributed by atoms with Crippen LogP contribution in [0.1, 0.15) is 39.9 Å². The molecule has 0 saturated heterocycles. The molecule has 2 aliphatic rings. The van der Waals surface area contributed by atoms with E-state index in [4.69, 9.17) is 11.6 Å². The van der Waals surface area contributed by atoms with E-state index in [9.17, 15) is 9.90 Å². The summed E-state index contributed by atoms with van der Waals surface area (Å²) < 4.78 is 0. The normalized spacial score (nSPS) is 24.7. The topological polar surface area (TPSA) is 49.3 Å². The minimum absolute atomic E-state index is 0.131. The molecule has 4 heteroatoms. The Labute approximate surface area is 139 Å². The summed E-state index contributed by atoms with van der Waals surface area (Å²) in [5, 5.41) is 13.6. The van der Waals surface area contributed by atoms with Gasteiger partial charge in [-0.25, -0.2) is 4.79 Å². The van der Waals surface area contributed by atoms with E-state index in [0.29, 0.717) is 11.5 Å². The van der Waals surface area contributed by atoms with Gasteiger partial charge in [0.1, 0.15) is 0 Å². The van der Waals surface area contributed by atoms with Crippen molar-refractivity contribution in [1.29, 1.82) is 0 Å². The number of carboxylic acid groups (broad SMARTS) is 1. The summed E-state index contributed by atoms with van der Waals surface area (Å²) in [6.45, 7) is 0. The number of allylic oxidation sites excluding steroid dienone is 2. The van der Waals surface area contributed by atoms with Gasteiger partial charge in [0, 0.05) is 16.6 Å². The van der Waals surface area contributed by atoms with Crippen LogP contribution < -0.4 is 5.32 Å². The average Bonchev–Trinajstić information content (AvgIpc) is 3.04. The van der Waals surface area contributed by atoms with E-state index in [2.05, 4.69) is 23.5 Å². The highest BCUT2D eigenvalue weighted by Crippen LogP contribution is 2.50. The number of aromatic carboxylic acids is 1. The maximum absolute atomic E-state index is 11.3. The monoisotopic (exact) mass is 325 g/mol. The summed E-state index contributed by atoms with van der Waals surface area (Å²) in [6, 6.07) is 13.4. The van der Waals surface area contributed by atoms with Gasteiger partial charge in [-0.05, 0) is 47.7 Å². The molecule has 116 valence electrons. The molecule has 0 bridgehead atoms. The predicted octanol–water partition coefficient (Wildman–Crippen LogP) is 4.86. The minimum atomic E-state index is -0.889. The minimum Gasteiger partial charge on any atom is -0.478 e. The zero-order valence-electron chi connectivity index (χ0n) is 12.4. The Morgan fingerprint density at radius 1 is 1.17 bits per heavy atom. The molecule has 3 nitrogen and oxygen atoms in total. The van der Waals surface area contributed by atoms with Crippen molar-refractivity contribution in [3.05, 3.63) is 76.3 Å². The second-order valence-corrected chi connectivity index (χ2v) is 6.51. The highest BCUT2D eigenvalue weighted by molar-refractivity contribution is 6.31. The number of fused-ring (bicyclic) bond motifs is 3. The van der Waals surface area contributed by atoms with Crippen LogP contribution in [-0.2, 0) is 0 Å². The molecular weight excluding hydrogens is 310 g/mol. The molecule has 0 aromatic heterocycles. The predicted molar refractivity (Wildman–Crippen MR) is 91.2 cm³/mol. The van der Waals surface area contributed by atoms with Crippen molar-refractivity contribution in [2.45, 2.75) is 18.4 Å². The molecule has 0 fully saturated rings. The average molecular weight is 326 g/mol. The van der Waals surface area contributed by atoms with Crippen molar-refractivity contribution in [3.63, 3.8) is 0 Å². The number of halogens is 1. The van der Waals surface area contributed by atoms with E-state index in [1.807, 2.05) is 24.3 Å². The third kappa shape index (κ3) is 2.32. The molecule has 0 amide bonds. The lowest BCUT2D eigenvalue weighted by Crippen LogP contribution is -2.29. The highest BCUT2D eigenvalue weighted by atomic mass is 35.5. The number of hydrogen-bond donors (Lipinski definition) is 2. The molecule has 0 radical (unpaired) electrons. The summed E-state index contributed by atoms with van der Waals surface area (Å²) in [7, 11) is 0. The molecule has 23 heavy (non-hydrogen) atoms. The van der Waals surface area contributed by atoms with E-state index in [1.54, 1.807) is 12.1 Å². The molecule has 1 heterocycles. The van der Waals surface area contributed by atoms with Gasteiger partial charge in [-0.2, -0.15) is 0 Å². The number of nitrogens with one attached hydrogen (secondary N) is 1. The van der Waals surface area contributed by atoms with Crippen LogP contribution >= 0.6 is 11.6 Å². The number of anilines is 1. The van der Waals surface area contributed by atoms with Gasteiger partial charge in [0.2, 0.25) is 0 Å². The van der Waals surface area contributed by atoms with Crippen molar-refractivity contribution >= 4 is 23.3 Å². The molecule has 2 aromatic rings. The van der Waals surface area contributed by atoms with Gasteiger partial charge in [0.15, 0.2) is 0 Å². The lowest BCUT2D eigenvalue weighted by atomic mass is 9.76. The quantitative estimate of drug-likeness (QED) is 0.775. The Morgan fingerprint density at radius 3 is 2.78 bits per heavy atom.